The fourth-order valence-electron chi connectivity index (χ4n) is 2.43. The molecule has 0 saturated heterocycles. The van der Waals surface area contributed by atoms with Crippen molar-refractivity contribution in [3.63, 3.8) is 0 Å². The lowest BCUT2D eigenvalue weighted by atomic mass is 10.2. The van der Waals surface area contributed by atoms with Crippen LogP contribution in [0.25, 0.3) is 11.4 Å². The van der Waals surface area contributed by atoms with Gasteiger partial charge in [-0.25, -0.2) is 4.68 Å². The van der Waals surface area contributed by atoms with Gasteiger partial charge in [0.1, 0.15) is 5.37 Å². The van der Waals surface area contributed by atoms with Crippen LogP contribution in [0.1, 0.15) is 10.9 Å². The highest BCUT2D eigenvalue weighted by molar-refractivity contribution is 7.99. The lowest BCUT2D eigenvalue weighted by Crippen LogP contribution is -2.13. The number of thioether (sulfide) groups is 1. The lowest BCUT2D eigenvalue weighted by Gasteiger charge is -2.12. The summed E-state index contributed by atoms with van der Waals surface area (Å²) in [5.74, 6) is 0.723. The van der Waals surface area contributed by atoms with Crippen molar-refractivity contribution in [1.82, 2.24) is 14.9 Å². The van der Waals surface area contributed by atoms with Crippen molar-refractivity contribution in [2.75, 3.05) is 5.43 Å². The Hall–Kier alpha value is -2.87. The van der Waals surface area contributed by atoms with Gasteiger partial charge in [0.05, 0.1) is 4.92 Å². The van der Waals surface area contributed by atoms with Crippen LogP contribution < -0.4 is 5.43 Å². The van der Waals surface area contributed by atoms with E-state index < -0.39 is 4.92 Å². The Morgan fingerprint density at radius 3 is 2.74 bits per heavy atom. The van der Waals surface area contributed by atoms with E-state index in [0.717, 1.165) is 22.1 Å². The summed E-state index contributed by atoms with van der Waals surface area (Å²) in [7, 11) is 0. The maximum absolute atomic E-state index is 10.9. The molecule has 114 valence electrons. The van der Waals surface area contributed by atoms with E-state index in [4.69, 9.17) is 0 Å². The minimum absolute atomic E-state index is 0.0795. The second-order valence-corrected chi connectivity index (χ2v) is 6.06. The summed E-state index contributed by atoms with van der Waals surface area (Å²) >= 11 is 1.48. The van der Waals surface area contributed by atoms with Gasteiger partial charge in [0.15, 0.2) is 5.82 Å². The van der Waals surface area contributed by atoms with Gasteiger partial charge >= 0.3 is 0 Å². The SMILES string of the molecule is O=[N+]([O-])c1cccc([C@H]2Nn3c(nnc3-c3ccccc3)S2)c1. The van der Waals surface area contributed by atoms with Gasteiger partial charge in [-0.05, 0) is 5.56 Å². The van der Waals surface area contributed by atoms with E-state index in [1.807, 2.05) is 41.1 Å². The number of nitro benzene ring substituents is 1. The van der Waals surface area contributed by atoms with Crippen LogP contribution >= 0.6 is 11.8 Å². The zero-order valence-corrected chi connectivity index (χ0v) is 12.6. The minimum Gasteiger partial charge on any atom is -0.304 e. The summed E-state index contributed by atoms with van der Waals surface area (Å²) < 4.78 is 1.82. The second kappa shape index (κ2) is 5.40. The van der Waals surface area contributed by atoms with Gasteiger partial charge in [0, 0.05) is 17.7 Å². The molecule has 0 bridgehead atoms. The predicted octanol–water partition coefficient (Wildman–Crippen LogP) is 3.20. The van der Waals surface area contributed by atoms with Crippen molar-refractivity contribution in [3.8, 4) is 11.4 Å². The summed E-state index contributed by atoms with van der Waals surface area (Å²) in [4.78, 5) is 10.5. The summed E-state index contributed by atoms with van der Waals surface area (Å²) in [6, 6.07) is 16.4. The van der Waals surface area contributed by atoms with E-state index in [1.165, 1.54) is 17.8 Å². The van der Waals surface area contributed by atoms with Gasteiger partial charge in [-0.1, -0.05) is 54.2 Å². The Morgan fingerprint density at radius 2 is 1.96 bits per heavy atom. The summed E-state index contributed by atoms with van der Waals surface area (Å²) in [6.45, 7) is 0. The van der Waals surface area contributed by atoms with Crippen LogP contribution in [0.5, 0.6) is 0 Å². The van der Waals surface area contributed by atoms with Crippen LogP contribution in [0.15, 0.2) is 59.8 Å². The average molecular weight is 325 g/mol. The number of non-ortho nitro benzene ring substituents is 1. The number of nitrogens with one attached hydrogen (secondary N) is 1. The Bertz CT molecular complexity index is 881. The molecule has 1 aromatic heterocycles. The molecule has 1 aliphatic rings. The molecular weight excluding hydrogens is 314 g/mol. The Morgan fingerprint density at radius 1 is 1.13 bits per heavy atom. The normalized spacial score (nSPS) is 15.9. The first kappa shape index (κ1) is 13.8. The molecule has 0 aliphatic carbocycles. The third-order valence-corrected chi connectivity index (χ3v) is 4.61. The molecule has 1 aliphatic heterocycles. The predicted molar refractivity (Wildman–Crippen MR) is 86.5 cm³/mol. The molecule has 0 saturated carbocycles. The van der Waals surface area contributed by atoms with Crippen LogP contribution in [-0.4, -0.2) is 19.8 Å². The number of hydrogen-bond acceptors (Lipinski definition) is 6. The minimum atomic E-state index is -0.390. The van der Waals surface area contributed by atoms with Gasteiger partial charge in [0.2, 0.25) is 5.16 Å². The molecule has 1 atom stereocenters. The average Bonchev–Trinajstić information content (AvgIpc) is 3.16. The van der Waals surface area contributed by atoms with E-state index in [2.05, 4.69) is 15.6 Å². The Balaban J connectivity index is 1.65. The molecule has 0 radical (unpaired) electrons. The van der Waals surface area contributed by atoms with E-state index in [1.54, 1.807) is 12.1 Å². The third kappa shape index (κ3) is 2.42. The fourth-order valence-corrected chi connectivity index (χ4v) is 3.41. The van der Waals surface area contributed by atoms with Gasteiger partial charge in [0.25, 0.3) is 5.69 Å². The molecule has 23 heavy (non-hydrogen) atoms. The standard InChI is InChI=1S/C15H11N5O2S/c21-20(22)12-8-4-7-11(9-12)14-18-19-13(16-17-15(19)23-14)10-5-2-1-3-6-10/h1-9,14,18H/t14-/m0/s1. The van der Waals surface area contributed by atoms with Crippen molar-refractivity contribution >= 4 is 17.4 Å². The number of hydrogen-bond donors (Lipinski definition) is 1. The maximum Gasteiger partial charge on any atom is 0.269 e. The monoisotopic (exact) mass is 325 g/mol. The van der Waals surface area contributed by atoms with Crippen molar-refractivity contribution < 1.29 is 4.92 Å². The number of fused-ring (bicyclic) bond motifs is 1. The van der Waals surface area contributed by atoms with Gasteiger partial charge in [-0.2, -0.15) is 0 Å². The molecule has 7 nitrogen and oxygen atoms in total. The number of rotatable bonds is 3. The molecule has 2 heterocycles. The molecular formula is C15H11N5O2S. The van der Waals surface area contributed by atoms with Gasteiger partial charge in [-0.3, -0.25) is 10.1 Å². The maximum atomic E-state index is 10.9. The first-order chi connectivity index (χ1) is 11.2. The smallest absolute Gasteiger partial charge is 0.269 e. The quantitative estimate of drug-likeness (QED) is 0.588. The van der Waals surface area contributed by atoms with Crippen LogP contribution in [0.2, 0.25) is 0 Å². The highest BCUT2D eigenvalue weighted by Gasteiger charge is 2.28. The molecule has 4 rings (SSSR count). The molecule has 2 aromatic carbocycles. The summed E-state index contributed by atoms with van der Waals surface area (Å²) in [6.07, 6.45) is 0. The molecule has 0 spiro atoms. The Labute approximate surface area is 135 Å². The summed E-state index contributed by atoms with van der Waals surface area (Å²) in [5.41, 5.74) is 5.16. The van der Waals surface area contributed by atoms with Crippen LogP contribution in [0.3, 0.4) is 0 Å². The van der Waals surface area contributed by atoms with Crippen molar-refractivity contribution in [2.24, 2.45) is 0 Å². The van der Waals surface area contributed by atoms with Crippen molar-refractivity contribution in [1.29, 1.82) is 0 Å². The highest BCUT2D eigenvalue weighted by Crippen LogP contribution is 2.40. The molecule has 0 amide bonds. The van der Waals surface area contributed by atoms with E-state index in [-0.39, 0.29) is 11.1 Å². The molecule has 0 fully saturated rings. The van der Waals surface area contributed by atoms with Crippen LogP contribution in [-0.2, 0) is 0 Å². The fraction of sp³-hybridized carbons (Fsp3) is 0.0667. The zero-order chi connectivity index (χ0) is 15.8. The van der Waals surface area contributed by atoms with Crippen LogP contribution in [0.4, 0.5) is 5.69 Å². The Kier molecular flexibility index (Phi) is 3.23. The van der Waals surface area contributed by atoms with E-state index >= 15 is 0 Å². The number of aromatic nitrogens is 3. The van der Waals surface area contributed by atoms with Gasteiger partial charge < -0.3 is 5.43 Å². The largest absolute Gasteiger partial charge is 0.304 e. The molecule has 1 N–H and O–H groups in total. The first-order valence-electron chi connectivity index (χ1n) is 6.91. The molecule has 3 aromatic rings. The number of nitro groups is 1. The van der Waals surface area contributed by atoms with Crippen molar-refractivity contribution in [3.05, 3.63) is 70.3 Å². The number of nitrogens with zero attached hydrogens (tertiary/aromatic N) is 4. The van der Waals surface area contributed by atoms with Gasteiger partial charge in [-0.15, -0.1) is 10.2 Å². The van der Waals surface area contributed by atoms with E-state index in [9.17, 15) is 10.1 Å². The van der Waals surface area contributed by atoms with Crippen LogP contribution in [0, 0.1) is 10.1 Å². The summed E-state index contributed by atoms with van der Waals surface area (Å²) in [5, 5.41) is 19.9. The molecule has 8 heteroatoms. The zero-order valence-electron chi connectivity index (χ0n) is 11.8. The van der Waals surface area contributed by atoms with E-state index in [0.29, 0.717) is 0 Å². The lowest BCUT2D eigenvalue weighted by molar-refractivity contribution is -0.384. The molecule has 0 unspecified atom stereocenters. The van der Waals surface area contributed by atoms with Crippen molar-refractivity contribution in [2.45, 2.75) is 10.5 Å². The number of benzene rings is 2. The highest BCUT2D eigenvalue weighted by atomic mass is 32.2. The topological polar surface area (TPSA) is 85.9 Å². The first-order valence-corrected chi connectivity index (χ1v) is 7.79. The third-order valence-electron chi connectivity index (χ3n) is 3.52. The second-order valence-electron chi connectivity index (χ2n) is 4.99.